The van der Waals surface area contributed by atoms with E-state index in [-0.39, 0.29) is 11.3 Å². The molecule has 0 aromatic carbocycles. The third-order valence-electron chi connectivity index (χ3n) is 3.43. The monoisotopic (exact) mass is 235 g/mol. The van der Waals surface area contributed by atoms with Gasteiger partial charge in [0, 0.05) is 25.8 Å². The molecule has 5 heteroatoms. The fourth-order valence-electron chi connectivity index (χ4n) is 2.25. The fraction of sp³-hybridized carbons (Fsp3) is 0.750. The van der Waals surface area contributed by atoms with Crippen LogP contribution < -0.4 is 5.73 Å². The first kappa shape index (κ1) is 12.1. The summed E-state index contributed by atoms with van der Waals surface area (Å²) in [6.07, 6.45) is 4.77. The van der Waals surface area contributed by atoms with E-state index in [1.54, 1.807) is 0 Å². The first-order valence-electron chi connectivity index (χ1n) is 6.34. The minimum atomic E-state index is 0.189. The molecule has 1 heterocycles. The van der Waals surface area contributed by atoms with Crippen molar-refractivity contribution in [1.82, 2.24) is 14.8 Å². The molecule has 0 saturated heterocycles. The number of aryl methyl sites for hydroxylation is 2. The summed E-state index contributed by atoms with van der Waals surface area (Å²) in [7, 11) is 0. The van der Waals surface area contributed by atoms with E-state index in [0.717, 1.165) is 43.9 Å². The second-order valence-corrected chi connectivity index (χ2v) is 5.01. The van der Waals surface area contributed by atoms with Crippen molar-refractivity contribution in [2.24, 2.45) is 11.1 Å². The van der Waals surface area contributed by atoms with Gasteiger partial charge in [-0.25, -0.2) is 9.67 Å². The molecule has 3 N–H and O–H groups in total. The van der Waals surface area contributed by atoms with E-state index in [9.17, 15) is 0 Å². The van der Waals surface area contributed by atoms with E-state index in [2.05, 4.69) is 23.9 Å². The second-order valence-electron chi connectivity index (χ2n) is 5.01. The summed E-state index contributed by atoms with van der Waals surface area (Å²) in [5.41, 5.74) is 5.70. The van der Waals surface area contributed by atoms with Crippen molar-refractivity contribution in [3.63, 3.8) is 0 Å². The number of hydrogen-bond acceptors (Lipinski definition) is 3. The lowest BCUT2D eigenvalue weighted by atomic mass is 10.0. The molecule has 0 unspecified atom stereocenters. The number of aromatic nitrogens is 3. The zero-order chi connectivity index (χ0) is 12.5. The highest BCUT2D eigenvalue weighted by atomic mass is 15.4. The summed E-state index contributed by atoms with van der Waals surface area (Å²) in [5.74, 6) is 2.26. The summed E-state index contributed by atoms with van der Waals surface area (Å²) in [5, 5.41) is 12.0. The Morgan fingerprint density at radius 2 is 2.12 bits per heavy atom. The Morgan fingerprint density at radius 1 is 1.41 bits per heavy atom. The molecule has 1 aliphatic rings. The molecule has 1 aromatic rings. The lowest BCUT2D eigenvalue weighted by molar-refractivity contribution is 0.397. The largest absolute Gasteiger partial charge is 0.388 e. The zero-order valence-corrected chi connectivity index (χ0v) is 10.7. The molecule has 0 atom stereocenters. The van der Waals surface area contributed by atoms with Crippen LogP contribution in [-0.2, 0) is 19.4 Å². The normalized spacial score (nSPS) is 17.1. The van der Waals surface area contributed by atoms with Crippen LogP contribution in [0.2, 0.25) is 0 Å². The summed E-state index contributed by atoms with van der Waals surface area (Å²) in [4.78, 5) is 4.51. The van der Waals surface area contributed by atoms with Crippen LogP contribution in [0, 0.1) is 10.8 Å². The molecule has 1 fully saturated rings. The lowest BCUT2D eigenvalue weighted by Gasteiger charge is -2.15. The highest BCUT2D eigenvalue weighted by Crippen LogP contribution is 2.50. The summed E-state index contributed by atoms with van der Waals surface area (Å²) >= 11 is 0. The molecule has 5 nitrogen and oxygen atoms in total. The highest BCUT2D eigenvalue weighted by molar-refractivity contribution is 5.78. The van der Waals surface area contributed by atoms with Gasteiger partial charge in [0.2, 0.25) is 0 Å². The van der Waals surface area contributed by atoms with Crippen molar-refractivity contribution in [3.05, 3.63) is 11.6 Å². The average molecular weight is 235 g/mol. The van der Waals surface area contributed by atoms with Gasteiger partial charge >= 0.3 is 0 Å². The SMILES string of the molecule is CCc1nc(CC)n(CC2(CC(=N)N)CC2)n1. The zero-order valence-electron chi connectivity index (χ0n) is 10.7. The van der Waals surface area contributed by atoms with Crippen LogP contribution in [-0.4, -0.2) is 20.6 Å². The predicted molar refractivity (Wildman–Crippen MR) is 67.0 cm³/mol. The molecule has 0 radical (unpaired) electrons. The first-order chi connectivity index (χ1) is 8.08. The molecular formula is C12H21N5. The van der Waals surface area contributed by atoms with E-state index in [0.29, 0.717) is 6.42 Å². The molecular weight excluding hydrogens is 214 g/mol. The Balaban J connectivity index is 2.12. The van der Waals surface area contributed by atoms with E-state index in [1.165, 1.54) is 0 Å². The smallest absolute Gasteiger partial charge is 0.150 e. The van der Waals surface area contributed by atoms with Gasteiger partial charge in [-0.05, 0) is 18.3 Å². The minimum absolute atomic E-state index is 0.189. The Hall–Kier alpha value is -1.39. The van der Waals surface area contributed by atoms with Gasteiger partial charge in [0.1, 0.15) is 5.82 Å². The van der Waals surface area contributed by atoms with Crippen LogP contribution in [0.15, 0.2) is 0 Å². The third kappa shape index (κ3) is 2.65. The van der Waals surface area contributed by atoms with Gasteiger partial charge in [0.25, 0.3) is 0 Å². The van der Waals surface area contributed by atoms with Gasteiger partial charge in [-0.1, -0.05) is 13.8 Å². The van der Waals surface area contributed by atoms with Crippen LogP contribution in [0.4, 0.5) is 0 Å². The maximum Gasteiger partial charge on any atom is 0.150 e. The number of nitrogens with zero attached hydrogens (tertiary/aromatic N) is 3. The molecule has 1 saturated carbocycles. The number of amidine groups is 1. The molecule has 0 bridgehead atoms. The number of rotatable bonds is 6. The van der Waals surface area contributed by atoms with E-state index >= 15 is 0 Å². The Morgan fingerprint density at radius 3 is 2.59 bits per heavy atom. The van der Waals surface area contributed by atoms with Crippen LogP contribution in [0.5, 0.6) is 0 Å². The average Bonchev–Trinajstić information content (AvgIpc) is 2.90. The van der Waals surface area contributed by atoms with Crippen LogP contribution in [0.3, 0.4) is 0 Å². The van der Waals surface area contributed by atoms with Crippen LogP contribution >= 0.6 is 0 Å². The molecule has 0 aliphatic heterocycles. The quantitative estimate of drug-likeness (QED) is 0.579. The van der Waals surface area contributed by atoms with Crippen molar-refractivity contribution in [3.8, 4) is 0 Å². The number of nitrogens with one attached hydrogen (secondary N) is 1. The van der Waals surface area contributed by atoms with Gasteiger partial charge in [-0.2, -0.15) is 5.10 Å². The maximum absolute atomic E-state index is 7.43. The van der Waals surface area contributed by atoms with Gasteiger partial charge in [-0.3, -0.25) is 5.41 Å². The predicted octanol–water partition coefficient (Wildman–Crippen LogP) is 1.51. The molecule has 1 aliphatic carbocycles. The van der Waals surface area contributed by atoms with Crippen molar-refractivity contribution >= 4 is 5.84 Å². The fourth-order valence-corrected chi connectivity index (χ4v) is 2.25. The molecule has 0 amide bonds. The third-order valence-corrected chi connectivity index (χ3v) is 3.43. The number of hydrogen-bond donors (Lipinski definition) is 2. The lowest BCUT2D eigenvalue weighted by Crippen LogP contribution is -2.22. The van der Waals surface area contributed by atoms with E-state index in [4.69, 9.17) is 11.1 Å². The topological polar surface area (TPSA) is 80.6 Å². The summed E-state index contributed by atoms with van der Waals surface area (Å²) in [6, 6.07) is 0. The Bertz CT molecular complexity index is 417. The van der Waals surface area contributed by atoms with Crippen LogP contribution in [0.25, 0.3) is 0 Å². The maximum atomic E-state index is 7.43. The molecule has 94 valence electrons. The van der Waals surface area contributed by atoms with Gasteiger partial charge in [0.15, 0.2) is 5.82 Å². The van der Waals surface area contributed by atoms with Crippen molar-refractivity contribution in [2.45, 2.75) is 52.5 Å². The van der Waals surface area contributed by atoms with Crippen molar-refractivity contribution < 1.29 is 0 Å². The van der Waals surface area contributed by atoms with Crippen LogP contribution in [0.1, 0.15) is 44.8 Å². The molecule has 1 aromatic heterocycles. The van der Waals surface area contributed by atoms with Gasteiger partial charge < -0.3 is 5.73 Å². The van der Waals surface area contributed by atoms with E-state index < -0.39 is 0 Å². The summed E-state index contributed by atoms with van der Waals surface area (Å²) < 4.78 is 2.02. The second kappa shape index (κ2) is 4.47. The van der Waals surface area contributed by atoms with Crippen molar-refractivity contribution in [2.75, 3.05) is 0 Å². The highest BCUT2D eigenvalue weighted by Gasteiger charge is 2.44. The Kier molecular flexibility index (Phi) is 3.17. The molecule has 17 heavy (non-hydrogen) atoms. The van der Waals surface area contributed by atoms with E-state index in [1.807, 2.05) is 4.68 Å². The summed E-state index contributed by atoms with van der Waals surface area (Å²) in [6.45, 7) is 5.04. The standard InChI is InChI=1S/C12H21N5/c1-3-10-15-11(4-2)17(16-10)8-12(5-6-12)7-9(13)14/h3-8H2,1-2H3,(H3,13,14). The molecule has 2 rings (SSSR count). The van der Waals surface area contributed by atoms with Crippen molar-refractivity contribution in [1.29, 1.82) is 5.41 Å². The Labute approximate surface area is 102 Å². The molecule has 0 spiro atoms. The van der Waals surface area contributed by atoms with Gasteiger partial charge in [0.05, 0.1) is 5.84 Å². The number of nitrogens with two attached hydrogens (primary N) is 1. The first-order valence-corrected chi connectivity index (χ1v) is 6.34. The van der Waals surface area contributed by atoms with Gasteiger partial charge in [-0.15, -0.1) is 0 Å². The minimum Gasteiger partial charge on any atom is -0.388 e.